The van der Waals surface area contributed by atoms with E-state index in [1.54, 1.807) is 18.7 Å². The average Bonchev–Trinajstić information content (AvgIpc) is 2.94. The Morgan fingerprint density at radius 1 is 1.24 bits per heavy atom. The highest BCUT2D eigenvalue weighted by atomic mass is 15.3. The first-order valence-corrected chi connectivity index (χ1v) is 5.81. The number of piperidine rings is 1. The molecule has 3 heterocycles. The van der Waals surface area contributed by atoms with Gasteiger partial charge in [0.05, 0.1) is 0 Å². The van der Waals surface area contributed by atoms with Crippen LogP contribution in [-0.2, 0) is 0 Å². The molecular formula is C11H14N6. The van der Waals surface area contributed by atoms with Gasteiger partial charge in [0.1, 0.15) is 12.2 Å². The second-order valence-corrected chi connectivity index (χ2v) is 4.20. The van der Waals surface area contributed by atoms with Crippen molar-refractivity contribution in [3.05, 3.63) is 30.6 Å². The smallest absolute Gasteiger partial charge is 0.225 e. The Morgan fingerprint density at radius 3 is 2.88 bits per heavy atom. The molecule has 0 saturated carbocycles. The fourth-order valence-electron chi connectivity index (χ4n) is 2.25. The molecule has 6 nitrogen and oxygen atoms in total. The van der Waals surface area contributed by atoms with E-state index in [-0.39, 0.29) is 0 Å². The molecule has 88 valence electrons. The molecular weight excluding hydrogens is 216 g/mol. The summed E-state index contributed by atoms with van der Waals surface area (Å²) in [5, 5.41) is 6.86. The molecule has 17 heavy (non-hydrogen) atoms. The van der Waals surface area contributed by atoms with Crippen molar-refractivity contribution in [1.82, 2.24) is 25.1 Å². The average molecular weight is 230 g/mol. The lowest BCUT2D eigenvalue weighted by atomic mass is 9.98. The van der Waals surface area contributed by atoms with Crippen LogP contribution in [0.3, 0.4) is 0 Å². The summed E-state index contributed by atoms with van der Waals surface area (Å²) in [5.41, 5.74) is 0. The van der Waals surface area contributed by atoms with Crippen LogP contribution in [0.4, 0.5) is 5.95 Å². The molecule has 0 spiro atoms. The highest BCUT2D eigenvalue weighted by Gasteiger charge is 2.24. The van der Waals surface area contributed by atoms with E-state index in [0.29, 0.717) is 5.92 Å². The summed E-state index contributed by atoms with van der Waals surface area (Å²) in [7, 11) is 0. The molecule has 2 aromatic rings. The predicted octanol–water partition coefficient (Wildman–Crippen LogP) is 0.979. The van der Waals surface area contributed by atoms with E-state index in [9.17, 15) is 0 Å². The van der Waals surface area contributed by atoms with Crippen LogP contribution in [0.25, 0.3) is 0 Å². The van der Waals surface area contributed by atoms with E-state index >= 15 is 0 Å². The van der Waals surface area contributed by atoms with Gasteiger partial charge >= 0.3 is 0 Å². The number of anilines is 1. The molecule has 0 aromatic carbocycles. The number of hydrogen-bond donors (Lipinski definition) is 1. The maximum Gasteiger partial charge on any atom is 0.225 e. The number of aromatic amines is 1. The standard InChI is InChI=1S/C11H14N6/c1-3-9(10-14-8-15-16-10)7-17(6-1)11-12-4-2-5-13-11/h2,4-5,8-9H,1,3,6-7H2,(H,14,15,16)/t9-/m1/s1. The molecule has 1 aliphatic heterocycles. The number of H-pyrrole nitrogens is 1. The predicted molar refractivity (Wildman–Crippen MR) is 62.6 cm³/mol. The third-order valence-corrected chi connectivity index (χ3v) is 3.08. The Bertz CT molecular complexity index is 454. The minimum absolute atomic E-state index is 0.398. The maximum atomic E-state index is 4.29. The van der Waals surface area contributed by atoms with E-state index < -0.39 is 0 Å². The normalized spacial score (nSPS) is 20.5. The highest BCUT2D eigenvalue weighted by Crippen LogP contribution is 2.25. The van der Waals surface area contributed by atoms with Crippen molar-refractivity contribution in [2.45, 2.75) is 18.8 Å². The van der Waals surface area contributed by atoms with Crippen molar-refractivity contribution in [2.75, 3.05) is 18.0 Å². The number of hydrogen-bond acceptors (Lipinski definition) is 5. The van der Waals surface area contributed by atoms with Gasteiger partial charge in [-0.15, -0.1) is 0 Å². The first kappa shape index (κ1) is 10.2. The van der Waals surface area contributed by atoms with Gasteiger partial charge in [-0.3, -0.25) is 5.10 Å². The minimum Gasteiger partial charge on any atom is -0.340 e. The molecule has 0 amide bonds. The van der Waals surface area contributed by atoms with Gasteiger partial charge in [0.15, 0.2) is 0 Å². The van der Waals surface area contributed by atoms with E-state index in [4.69, 9.17) is 0 Å². The van der Waals surface area contributed by atoms with Crippen LogP contribution in [0.2, 0.25) is 0 Å². The van der Waals surface area contributed by atoms with Crippen molar-refractivity contribution < 1.29 is 0 Å². The molecule has 1 aliphatic rings. The van der Waals surface area contributed by atoms with E-state index in [1.807, 2.05) is 6.07 Å². The Labute approximate surface area is 99.1 Å². The lowest BCUT2D eigenvalue weighted by Gasteiger charge is -2.31. The van der Waals surface area contributed by atoms with Gasteiger partial charge in [0.2, 0.25) is 5.95 Å². The topological polar surface area (TPSA) is 70.6 Å². The molecule has 1 N–H and O–H groups in total. The molecule has 3 rings (SSSR count). The third-order valence-electron chi connectivity index (χ3n) is 3.08. The summed E-state index contributed by atoms with van der Waals surface area (Å²) in [6.07, 6.45) is 7.39. The second-order valence-electron chi connectivity index (χ2n) is 4.20. The zero-order valence-electron chi connectivity index (χ0n) is 9.45. The Morgan fingerprint density at radius 2 is 2.12 bits per heavy atom. The van der Waals surface area contributed by atoms with Crippen LogP contribution in [0.5, 0.6) is 0 Å². The van der Waals surface area contributed by atoms with E-state index in [1.165, 1.54) is 0 Å². The summed E-state index contributed by atoms with van der Waals surface area (Å²) < 4.78 is 0. The summed E-state index contributed by atoms with van der Waals surface area (Å²) in [5.74, 6) is 2.16. The Hall–Kier alpha value is -1.98. The highest BCUT2D eigenvalue weighted by molar-refractivity contribution is 5.30. The van der Waals surface area contributed by atoms with Crippen LogP contribution >= 0.6 is 0 Å². The summed E-state index contributed by atoms with van der Waals surface area (Å²) in [6.45, 7) is 1.91. The van der Waals surface area contributed by atoms with Gasteiger partial charge in [-0.05, 0) is 18.9 Å². The van der Waals surface area contributed by atoms with Crippen LogP contribution < -0.4 is 4.90 Å². The lowest BCUT2D eigenvalue weighted by molar-refractivity contribution is 0.486. The van der Waals surface area contributed by atoms with Crippen LogP contribution in [0, 0.1) is 0 Å². The number of nitrogens with one attached hydrogen (secondary N) is 1. The monoisotopic (exact) mass is 230 g/mol. The molecule has 0 bridgehead atoms. The molecule has 0 aliphatic carbocycles. The lowest BCUT2D eigenvalue weighted by Crippen LogP contribution is -2.35. The second kappa shape index (κ2) is 4.48. The molecule has 1 atom stereocenters. The Balaban J connectivity index is 1.76. The summed E-state index contributed by atoms with van der Waals surface area (Å²) in [6, 6.07) is 1.83. The number of aromatic nitrogens is 5. The van der Waals surface area contributed by atoms with Gasteiger partial charge < -0.3 is 4.90 Å². The SMILES string of the molecule is c1cnc(N2CCC[C@@H](c3ncn[nH]3)C2)nc1. The van der Waals surface area contributed by atoms with Crippen molar-refractivity contribution in [2.24, 2.45) is 0 Å². The molecule has 0 radical (unpaired) electrons. The van der Waals surface area contributed by atoms with Crippen LogP contribution in [0.1, 0.15) is 24.6 Å². The van der Waals surface area contributed by atoms with Gasteiger partial charge in [-0.1, -0.05) is 0 Å². The van der Waals surface area contributed by atoms with Gasteiger partial charge in [-0.25, -0.2) is 15.0 Å². The van der Waals surface area contributed by atoms with Gasteiger partial charge in [-0.2, -0.15) is 5.10 Å². The van der Waals surface area contributed by atoms with Crippen LogP contribution in [-0.4, -0.2) is 38.2 Å². The van der Waals surface area contributed by atoms with Gasteiger partial charge in [0.25, 0.3) is 0 Å². The molecule has 6 heteroatoms. The van der Waals surface area contributed by atoms with Crippen molar-refractivity contribution in [3.8, 4) is 0 Å². The quantitative estimate of drug-likeness (QED) is 0.832. The van der Waals surface area contributed by atoms with Crippen molar-refractivity contribution >= 4 is 5.95 Å². The van der Waals surface area contributed by atoms with E-state index in [0.717, 1.165) is 37.7 Å². The fraction of sp³-hybridized carbons (Fsp3) is 0.455. The molecule has 0 unspecified atom stereocenters. The fourth-order valence-corrected chi connectivity index (χ4v) is 2.25. The molecule has 1 saturated heterocycles. The minimum atomic E-state index is 0.398. The third kappa shape index (κ3) is 2.11. The molecule has 2 aromatic heterocycles. The summed E-state index contributed by atoms with van der Waals surface area (Å²) >= 11 is 0. The van der Waals surface area contributed by atoms with Crippen LogP contribution in [0.15, 0.2) is 24.8 Å². The van der Waals surface area contributed by atoms with Crippen molar-refractivity contribution in [3.63, 3.8) is 0 Å². The zero-order chi connectivity index (χ0) is 11.5. The van der Waals surface area contributed by atoms with E-state index in [2.05, 4.69) is 30.0 Å². The Kier molecular flexibility index (Phi) is 2.69. The maximum absolute atomic E-state index is 4.29. The van der Waals surface area contributed by atoms with Gasteiger partial charge in [0, 0.05) is 31.4 Å². The van der Waals surface area contributed by atoms with Crippen molar-refractivity contribution in [1.29, 1.82) is 0 Å². The molecule has 1 fully saturated rings. The number of nitrogens with zero attached hydrogens (tertiary/aromatic N) is 5. The number of rotatable bonds is 2. The zero-order valence-corrected chi connectivity index (χ0v) is 9.45. The summed E-state index contributed by atoms with van der Waals surface area (Å²) in [4.78, 5) is 15.0. The first-order valence-electron chi connectivity index (χ1n) is 5.81. The first-order chi connectivity index (χ1) is 8.43. The largest absolute Gasteiger partial charge is 0.340 e.